The van der Waals surface area contributed by atoms with Gasteiger partial charge in [-0.3, -0.25) is 0 Å². The zero-order valence-corrected chi connectivity index (χ0v) is 9.11. The summed E-state index contributed by atoms with van der Waals surface area (Å²) in [5.41, 5.74) is 0.316. The van der Waals surface area contributed by atoms with E-state index in [0.29, 0.717) is 11.7 Å². The van der Waals surface area contributed by atoms with Gasteiger partial charge in [0.1, 0.15) is 0 Å². The molecule has 12 heavy (non-hydrogen) atoms. The Hall–Kier alpha value is 0.440. The van der Waals surface area contributed by atoms with Gasteiger partial charge in [-0.15, -0.1) is 0 Å². The second-order valence-corrected chi connectivity index (χ2v) is 4.82. The molecule has 1 nitrogen and oxygen atoms in total. The maximum absolute atomic E-state index is 6.09. The zero-order chi connectivity index (χ0) is 8.44. The molecular formula is C10H17BrO. The average Bonchev–Trinajstić information content (AvgIpc) is 2.50. The topological polar surface area (TPSA) is 9.23 Å². The Kier molecular flexibility index (Phi) is 2.75. The number of alkyl halides is 1. The summed E-state index contributed by atoms with van der Waals surface area (Å²) in [5.74, 6) is 0. The van der Waals surface area contributed by atoms with E-state index >= 15 is 0 Å². The molecule has 2 rings (SSSR count). The molecule has 0 radical (unpaired) electrons. The van der Waals surface area contributed by atoms with Crippen LogP contribution in [0.1, 0.15) is 44.9 Å². The molecule has 0 aromatic carbocycles. The lowest BCUT2D eigenvalue weighted by Gasteiger charge is -2.33. The van der Waals surface area contributed by atoms with Crippen molar-refractivity contribution in [3.63, 3.8) is 0 Å². The van der Waals surface area contributed by atoms with Crippen LogP contribution < -0.4 is 0 Å². The summed E-state index contributed by atoms with van der Waals surface area (Å²) < 4.78 is 6.09. The summed E-state index contributed by atoms with van der Waals surface area (Å²) in [6.45, 7) is 0. The maximum Gasteiger partial charge on any atom is 0.0687 e. The van der Waals surface area contributed by atoms with E-state index in [1.54, 1.807) is 0 Å². The molecule has 1 heterocycles. The van der Waals surface area contributed by atoms with E-state index in [2.05, 4.69) is 15.9 Å². The van der Waals surface area contributed by atoms with Crippen LogP contribution in [0.5, 0.6) is 0 Å². The van der Waals surface area contributed by atoms with Gasteiger partial charge in [-0.05, 0) is 25.7 Å². The fourth-order valence-electron chi connectivity index (χ4n) is 2.57. The second kappa shape index (κ2) is 3.67. The van der Waals surface area contributed by atoms with Crippen LogP contribution in [-0.2, 0) is 4.74 Å². The first-order valence-electron chi connectivity index (χ1n) is 5.08. The SMILES string of the molecule is BrC[C@@H]1CCC2(CCCCC2)O1. The van der Waals surface area contributed by atoms with E-state index in [1.165, 1.54) is 44.9 Å². The molecule has 1 aliphatic carbocycles. The molecular weight excluding hydrogens is 216 g/mol. The van der Waals surface area contributed by atoms with Gasteiger partial charge in [-0.25, -0.2) is 0 Å². The third kappa shape index (κ3) is 1.69. The first-order valence-corrected chi connectivity index (χ1v) is 6.21. The average molecular weight is 233 g/mol. The number of rotatable bonds is 1. The van der Waals surface area contributed by atoms with Crippen molar-refractivity contribution < 1.29 is 4.74 Å². The van der Waals surface area contributed by atoms with Gasteiger partial charge in [0.25, 0.3) is 0 Å². The molecule has 0 N–H and O–H groups in total. The first kappa shape index (κ1) is 9.01. The van der Waals surface area contributed by atoms with E-state index in [0.717, 1.165) is 5.33 Å². The van der Waals surface area contributed by atoms with Gasteiger partial charge in [-0.1, -0.05) is 35.2 Å². The highest BCUT2D eigenvalue weighted by atomic mass is 79.9. The molecule has 1 aliphatic heterocycles. The Balaban J connectivity index is 1.94. The van der Waals surface area contributed by atoms with Gasteiger partial charge >= 0.3 is 0 Å². The second-order valence-electron chi connectivity index (χ2n) is 4.18. The van der Waals surface area contributed by atoms with Gasteiger partial charge in [-0.2, -0.15) is 0 Å². The summed E-state index contributed by atoms with van der Waals surface area (Å²) in [5, 5.41) is 1.02. The van der Waals surface area contributed by atoms with E-state index in [4.69, 9.17) is 4.74 Å². The Morgan fingerprint density at radius 3 is 2.50 bits per heavy atom. The van der Waals surface area contributed by atoms with Crippen LogP contribution in [0.15, 0.2) is 0 Å². The van der Waals surface area contributed by atoms with Crippen molar-refractivity contribution in [3.8, 4) is 0 Å². The number of halogens is 1. The molecule has 0 amide bonds. The Morgan fingerprint density at radius 1 is 1.17 bits per heavy atom. The highest BCUT2D eigenvalue weighted by Crippen LogP contribution is 2.42. The Labute approximate surface area is 83.0 Å². The molecule has 0 unspecified atom stereocenters. The molecule has 1 saturated heterocycles. The van der Waals surface area contributed by atoms with E-state index in [9.17, 15) is 0 Å². The number of hydrogen-bond donors (Lipinski definition) is 0. The summed E-state index contributed by atoms with van der Waals surface area (Å²) >= 11 is 3.50. The predicted octanol–water partition coefficient (Wildman–Crippen LogP) is 3.26. The minimum atomic E-state index is 0.316. The molecule has 2 heteroatoms. The Morgan fingerprint density at radius 2 is 1.92 bits per heavy atom. The van der Waals surface area contributed by atoms with E-state index in [-0.39, 0.29) is 0 Å². The van der Waals surface area contributed by atoms with Crippen LogP contribution in [0.2, 0.25) is 0 Å². The molecule has 1 spiro atoms. The van der Waals surface area contributed by atoms with Crippen molar-refractivity contribution in [1.29, 1.82) is 0 Å². The van der Waals surface area contributed by atoms with Crippen molar-refractivity contribution in [2.45, 2.75) is 56.7 Å². The van der Waals surface area contributed by atoms with Gasteiger partial charge in [0.05, 0.1) is 11.7 Å². The minimum absolute atomic E-state index is 0.316. The first-order chi connectivity index (χ1) is 5.85. The molecule has 1 saturated carbocycles. The smallest absolute Gasteiger partial charge is 0.0687 e. The van der Waals surface area contributed by atoms with E-state index in [1.807, 2.05) is 0 Å². The highest BCUT2D eigenvalue weighted by molar-refractivity contribution is 9.09. The summed E-state index contributed by atoms with van der Waals surface area (Å²) in [6, 6.07) is 0. The van der Waals surface area contributed by atoms with Gasteiger partial charge in [0.2, 0.25) is 0 Å². The molecule has 1 atom stereocenters. The predicted molar refractivity (Wildman–Crippen MR) is 53.7 cm³/mol. The van der Waals surface area contributed by atoms with Gasteiger partial charge in [0, 0.05) is 5.33 Å². The van der Waals surface area contributed by atoms with Crippen LogP contribution in [0.25, 0.3) is 0 Å². The van der Waals surface area contributed by atoms with Crippen LogP contribution in [0.3, 0.4) is 0 Å². The molecule has 2 fully saturated rings. The zero-order valence-electron chi connectivity index (χ0n) is 7.52. The van der Waals surface area contributed by atoms with Crippen molar-refractivity contribution >= 4 is 15.9 Å². The summed E-state index contributed by atoms with van der Waals surface area (Å²) in [4.78, 5) is 0. The van der Waals surface area contributed by atoms with Crippen LogP contribution in [-0.4, -0.2) is 17.0 Å². The van der Waals surface area contributed by atoms with Crippen molar-refractivity contribution in [2.75, 3.05) is 5.33 Å². The molecule has 2 aliphatic rings. The highest BCUT2D eigenvalue weighted by Gasteiger charge is 2.40. The number of hydrogen-bond acceptors (Lipinski definition) is 1. The molecule has 70 valence electrons. The Bertz CT molecular complexity index is 152. The van der Waals surface area contributed by atoms with Crippen LogP contribution in [0, 0.1) is 0 Å². The lowest BCUT2D eigenvalue weighted by molar-refractivity contribution is -0.0551. The van der Waals surface area contributed by atoms with Gasteiger partial charge < -0.3 is 4.74 Å². The third-order valence-corrected chi connectivity index (χ3v) is 4.00. The molecule has 0 aromatic rings. The third-order valence-electron chi connectivity index (χ3n) is 3.28. The largest absolute Gasteiger partial charge is 0.371 e. The lowest BCUT2D eigenvalue weighted by atomic mass is 9.83. The quantitative estimate of drug-likeness (QED) is 0.631. The fourth-order valence-corrected chi connectivity index (χ4v) is 3.02. The lowest BCUT2D eigenvalue weighted by Crippen LogP contribution is -2.31. The molecule has 0 bridgehead atoms. The standard InChI is InChI=1S/C10H17BrO/c11-8-9-4-7-10(12-9)5-2-1-3-6-10/h9H,1-8H2/t9-/m0/s1. The van der Waals surface area contributed by atoms with Crippen molar-refractivity contribution in [1.82, 2.24) is 0 Å². The van der Waals surface area contributed by atoms with Crippen LogP contribution in [0.4, 0.5) is 0 Å². The summed E-state index contributed by atoms with van der Waals surface area (Å²) in [6.07, 6.45) is 9.90. The van der Waals surface area contributed by atoms with E-state index < -0.39 is 0 Å². The summed E-state index contributed by atoms with van der Waals surface area (Å²) in [7, 11) is 0. The van der Waals surface area contributed by atoms with Gasteiger partial charge in [0.15, 0.2) is 0 Å². The fraction of sp³-hybridized carbons (Fsp3) is 1.00. The minimum Gasteiger partial charge on any atom is -0.371 e. The van der Waals surface area contributed by atoms with Crippen molar-refractivity contribution in [3.05, 3.63) is 0 Å². The van der Waals surface area contributed by atoms with Crippen LogP contribution >= 0.6 is 15.9 Å². The number of ether oxygens (including phenoxy) is 1. The monoisotopic (exact) mass is 232 g/mol. The molecule has 0 aromatic heterocycles. The maximum atomic E-state index is 6.09. The normalized spacial score (nSPS) is 34.2. The van der Waals surface area contributed by atoms with Crippen molar-refractivity contribution in [2.24, 2.45) is 0 Å².